The highest BCUT2D eigenvalue weighted by Gasteiger charge is 2.46. The first kappa shape index (κ1) is 38.9. The minimum absolute atomic E-state index is 0.696. The molecule has 44 heavy (non-hydrogen) atoms. The summed E-state index contributed by atoms with van der Waals surface area (Å²) in [7, 11) is -3.38. The van der Waals surface area contributed by atoms with Crippen LogP contribution in [0.3, 0.4) is 0 Å². The molecule has 0 spiro atoms. The van der Waals surface area contributed by atoms with Crippen molar-refractivity contribution in [1.29, 1.82) is 0 Å². The molecule has 2 heterocycles. The molecular formula is C36H50Br4S2Si2. The van der Waals surface area contributed by atoms with Gasteiger partial charge >= 0.3 is 0 Å². The summed E-state index contributed by atoms with van der Waals surface area (Å²) in [6, 6.07) is 9.31. The summed E-state index contributed by atoms with van der Waals surface area (Å²) in [5, 5.41) is 0. The van der Waals surface area contributed by atoms with Gasteiger partial charge in [0.15, 0.2) is 0 Å². The van der Waals surface area contributed by atoms with E-state index < -0.39 is 16.1 Å². The highest BCUT2D eigenvalue weighted by atomic mass is 79.9. The summed E-state index contributed by atoms with van der Waals surface area (Å²) in [5.41, 5.74) is 6.51. The van der Waals surface area contributed by atoms with Crippen LogP contribution in [0.25, 0.3) is 24.3 Å². The van der Waals surface area contributed by atoms with Gasteiger partial charge in [-0.1, -0.05) is 127 Å². The third kappa shape index (κ3) is 7.53. The second-order valence-electron chi connectivity index (χ2n) is 14.0. The molecule has 0 aliphatic heterocycles. The minimum atomic E-state index is -1.69. The number of benzene rings is 1. The van der Waals surface area contributed by atoms with Crippen molar-refractivity contribution < 1.29 is 0 Å². The van der Waals surface area contributed by atoms with Crippen molar-refractivity contribution in [1.82, 2.24) is 0 Å². The minimum Gasteiger partial charge on any atom is -0.144 e. The lowest BCUT2D eigenvalue weighted by molar-refractivity contribution is 0.837. The topological polar surface area (TPSA) is 0 Å². The van der Waals surface area contributed by atoms with Crippen LogP contribution >= 0.6 is 86.4 Å². The van der Waals surface area contributed by atoms with Gasteiger partial charge in [0.2, 0.25) is 0 Å². The van der Waals surface area contributed by atoms with E-state index in [2.05, 4.69) is 195 Å². The standard InChI is InChI=1S/C36H50Br4S2Si2/c1-21(2)43(22(3)4,23(5)6)35-19-31(39)33(41-35)15-13-27-17-30(38)28(18-29(27)37)14-16-34-32(40)20-36(42-34)44(24(7)8,25(9)10)26(11)12/h13-26H,1-12H3/b15-13-,16-14-. The smallest absolute Gasteiger partial charge is 0.107 e. The maximum Gasteiger partial charge on any atom is 0.107 e. The SMILES string of the molecule is CC(C)[Si](c1cc(Br)c(/C=C\c2cc(Br)c(/C=C\c3sc([Si](C(C)C)(C(C)C)C(C)C)cc3Br)cc2Br)s1)(C(C)C)C(C)C. The largest absolute Gasteiger partial charge is 0.144 e. The van der Waals surface area contributed by atoms with E-state index in [1.54, 1.807) is 9.00 Å². The second-order valence-corrected chi connectivity index (χ2v) is 32.0. The fourth-order valence-corrected chi connectivity index (χ4v) is 31.1. The Kier molecular flexibility index (Phi) is 13.9. The lowest BCUT2D eigenvalue weighted by atomic mass is 10.1. The summed E-state index contributed by atoms with van der Waals surface area (Å²) in [6.07, 6.45) is 9.03. The van der Waals surface area contributed by atoms with Crippen molar-refractivity contribution in [3.05, 3.63) is 63.0 Å². The van der Waals surface area contributed by atoms with Crippen molar-refractivity contribution in [2.24, 2.45) is 0 Å². The maximum atomic E-state index is 3.91. The van der Waals surface area contributed by atoms with E-state index in [0.717, 1.165) is 20.1 Å². The molecule has 0 N–H and O–H groups in total. The summed E-state index contributed by atoms with van der Waals surface area (Å²) in [6.45, 7) is 29.3. The van der Waals surface area contributed by atoms with Crippen LogP contribution in [0, 0.1) is 0 Å². The molecule has 0 saturated heterocycles. The van der Waals surface area contributed by atoms with Crippen molar-refractivity contribution >= 4 is 136 Å². The Hall–Kier alpha value is 0.454. The van der Waals surface area contributed by atoms with Gasteiger partial charge in [-0.05, 0) is 122 Å². The number of hydrogen-bond donors (Lipinski definition) is 0. The van der Waals surface area contributed by atoms with Gasteiger partial charge in [-0.3, -0.25) is 0 Å². The van der Waals surface area contributed by atoms with E-state index in [1.165, 1.54) is 18.7 Å². The number of thiophene rings is 2. The predicted molar refractivity (Wildman–Crippen MR) is 225 cm³/mol. The molecule has 0 radical (unpaired) electrons. The Morgan fingerprint density at radius 2 is 0.705 bits per heavy atom. The average Bonchev–Trinajstić information content (AvgIpc) is 3.44. The summed E-state index contributed by atoms with van der Waals surface area (Å²) in [5.74, 6) is 0. The molecule has 0 aliphatic rings. The Bertz CT molecular complexity index is 1340. The van der Waals surface area contributed by atoms with Gasteiger partial charge in [0, 0.05) is 27.6 Å². The first-order valence-corrected chi connectivity index (χ1v) is 25.1. The van der Waals surface area contributed by atoms with Gasteiger partial charge in [-0.15, -0.1) is 22.7 Å². The van der Waals surface area contributed by atoms with Crippen molar-refractivity contribution in [2.75, 3.05) is 0 Å². The van der Waals surface area contributed by atoms with Crippen LogP contribution < -0.4 is 9.00 Å². The molecule has 0 saturated carbocycles. The summed E-state index contributed by atoms with van der Waals surface area (Å²) < 4.78 is 7.84. The van der Waals surface area contributed by atoms with Gasteiger partial charge in [-0.25, -0.2) is 0 Å². The molecule has 242 valence electrons. The Morgan fingerprint density at radius 3 is 0.955 bits per heavy atom. The molecule has 0 aliphatic carbocycles. The van der Waals surface area contributed by atoms with Crippen molar-refractivity contribution in [3.63, 3.8) is 0 Å². The van der Waals surface area contributed by atoms with E-state index in [0.29, 0.717) is 33.2 Å². The summed E-state index contributed by atoms with van der Waals surface area (Å²) >= 11 is 19.6. The van der Waals surface area contributed by atoms with Gasteiger partial charge in [-0.2, -0.15) is 0 Å². The van der Waals surface area contributed by atoms with Crippen LogP contribution in [0.1, 0.15) is 104 Å². The van der Waals surface area contributed by atoms with Crippen LogP contribution in [0.5, 0.6) is 0 Å². The fraction of sp³-hybridized carbons (Fsp3) is 0.500. The molecule has 1 aromatic carbocycles. The lowest BCUT2D eigenvalue weighted by Gasteiger charge is -2.42. The molecule has 0 amide bonds. The van der Waals surface area contributed by atoms with Gasteiger partial charge in [0.05, 0.1) is 0 Å². The van der Waals surface area contributed by atoms with E-state index in [1.807, 2.05) is 22.7 Å². The molecule has 0 nitrogen and oxygen atoms in total. The molecule has 3 rings (SSSR count). The molecule has 8 heteroatoms. The van der Waals surface area contributed by atoms with E-state index >= 15 is 0 Å². The number of hydrogen-bond acceptors (Lipinski definition) is 2. The third-order valence-corrected chi connectivity index (χ3v) is 31.2. The predicted octanol–water partition coefficient (Wildman–Crippen LogP) is 15.0. The monoisotopic (exact) mass is 918 g/mol. The fourth-order valence-electron chi connectivity index (χ4n) is 8.29. The zero-order valence-corrected chi connectivity index (χ0v) is 38.4. The number of rotatable bonds is 12. The van der Waals surface area contributed by atoms with E-state index in [9.17, 15) is 0 Å². The normalized spacial score (nSPS) is 13.6. The quantitative estimate of drug-likeness (QED) is 0.159. The van der Waals surface area contributed by atoms with Gasteiger partial charge in [0.25, 0.3) is 0 Å². The summed E-state index contributed by atoms with van der Waals surface area (Å²) in [4.78, 5) is 2.60. The molecule has 0 atom stereocenters. The zero-order chi connectivity index (χ0) is 33.3. The molecule has 2 aromatic heterocycles. The maximum absolute atomic E-state index is 3.91. The molecular weight excluding hydrogens is 872 g/mol. The molecule has 0 unspecified atom stereocenters. The Morgan fingerprint density at radius 1 is 0.432 bits per heavy atom. The first-order valence-electron chi connectivity index (χ1n) is 15.9. The molecule has 0 fully saturated rings. The molecule has 3 aromatic rings. The lowest BCUT2D eigenvalue weighted by Crippen LogP contribution is -2.54. The Balaban J connectivity index is 1.93. The number of halogens is 4. The van der Waals surface area contributed by atoms with Crippen LogP contribution in [0.4, 0.5) is 0 Å². The average molecular weight is 923 g/mol. The van der Waals surface area contributed by atoms with Crippen LogP contribution in [0.2, 0.25) is 33.2 Å². The van der Waals surface area contributed by atoms with Crippen LogP contribution in [-0.4, -0.2) is 16.1 Å². The van der Waals surface area contributed by atoms with Crippen molar-refractivity contribution in [2.45, 2.75) is 116 Å². The van der Waals surface area contributed by atoms with Gasteiger partial charge in [0.1, 0.15) is 16.1 Å². The van der Waals surface area contributed by atoms with E-state index in [-0.39, 0.29) is 0 Å². The highest BCUT2D eigenvalue weighted by Crippen LogP contribution is 2.45. The van der Waals surface area contributed by atoms with Crippen LogP contribution in [0.15, 0.2) is 42.2 Å². The van der Waals surface area contributed by atoms with E-state index in [4.69, 9.17) is 0 Å². The third-order valence-electron chi connectivity index (χ3n) is 9.96. The second kappa shape index (κ2) is 15.8. The zero-order valence-electron chi connectivity index (χ0n) is 28.4. The van der Waals surface area contributed by atoms with Gasteiger partial charge < -0.3 is 0 Å². The molecule has 0 bridgehead atoms. The highest BCUT2D eigenvalue weighted by molar-refractivity contribution is 9.11. The Labute approximate surface area is 312 Å². The van der Waals surface area contributed by atoms with Crippen molar-refractivity contribution in [3.8, 4) is 0 Å². The van der Waals surface area contributed by atoms with Crippen LogP contribution in [-0.2, 0) is 0 Å². The first-order chi connectivity index (χ1) is 20.4.